The lowest BCUT2D eigenvalue weighted by atomic mass is 10.1. The second kappa shape index (κ2) is 9.68. The van der Waals surface area contributed by atoms with E-state index in [0.717, 1.165) is 5.56 Å². The normalized spacial score (nSPS) is 12.2. The van der Waals surface area contributed by atoms with Gasteiger partial charge in [-0.25, -0.2) is 8.42 Å². The third-order valence-corrected chi connectivity index (χ3v) is 5.49. The van der Waals surface area contributed by atoms with Gasteiger partial charge in [0.15, 0.2) is 0 Å². The fourth-order valence-electron chi connectivity index (χ4n) is 2.48. The van der Waals surface area contributed by atoms with E-state index in [9.17, 15) is 18.0 Å². The third kappa shape index (κ3) is 6.05. The molecule has 0 saturated heterocycles. The van der Waals surface area contributed by atoms with Crippen LogP contribution in [0, 0.1) is 0 Å². The van der Waals surface area contributed by atoms with Gasteiger partial charge in [-0.05, 0) is 37.1 Å². The van der Waals surface area contributed by atoms with E-state index in [-0.39, 0.29) is 28.9 Å². The van der Waals surface area contributed by atoms with Crippen LogP contribution in [0.2, 0.25) is 5.02 Å². The molecule has 28 heavy (non-hydrogen) atoms. The Labute approximate surface area is 169 Å². The van der Waals surface area contributed by atoms with Gasteiger partial charge < -0.3 is 10.1 Å². The molecule has 2 rings (SSSR count). The van der Waals surface area contributed by atoms with Gasteiger partial charge in [0, 0.05) is 6.92 Å². The van der Waals surface area contributed by atoms with Gasteiger partial charge in [0.1, 0.15) is 6.04 Å². The van der Waals surface area contributed by atoms with Crippen LogP contribution in [0.3, 0.4) is 0 Å². The first-order chi connectivity index (χ1) is 13.2. The number of hydrogen-bond donors (Lipinski definition) is 2. The number of benzene rings is 2. The van der Waals surface area contributed by atoms with E-state index < -0.39 is 22.0 Å². The van der Waals surface area contributed by atoms with E-state index in [0.29, 0.717) is 5.69 Å². The largest absolute Gasteiger partial charge is 0.465 e. The summed E-state index contributed by atoms with van der Waals surface area (Å²) in [5.74, 6) is -1.00. The molecule has 0 aromatic heterocycles. The second-order valence-corrected chi connectivity index (χ2v) is 8.06. The summed E-state index contributed by atoms with van der Waals surface area (Å²) in [5, 5.41) is 2.56. The quantitative estimate of drug-likeness (QED) is 0.634. The molecular formula is C19H21ClN2O5S. The van der Waals surface area contributed by atoms with E-state index in [1.54, 1.807) is 31.2 Å². The lowest BCUT2D eigenvalue weighted by Crippen LogP contribution is -2.43. The maximum absolute atomic E-state index is 12.8. The van der Waals surface area contributed by atoms with Crippen molar-refractivity contribution in [2.24, 2.45) is 0 Å². The van der Waals surface area contributed by atoms with Crippen LogP contribution in [-0.2, 0) is 30.8 Å². The monoisotopic (exact) mass is 424 g/mol. The Kier molecular flexibility index (Phi) is 7.56. The average molecular weight is 425 g/mol. The first-order valence-electron chi connectivity index (χ1n) is 8.53. The summed E-state index contributed by atoms with van der Waals surface area (Å²) in [5.41, 5.74) is 1.07. The van der Waals surface area contributed by atoms with E-state index in [1.165, 1.54) is 25.1 Å². The third-order valence-electron chi connectivity index (χ3n) is 3.71. The number of nitrogens with one attached hydrogen (secondary N) is 2. The molecule has 0 aliphatic rings. The minimum absolute atomic E-state index is 0.0637. The molecular weight excluding hydrogens is 404 g/mol. The lowest BCUT2D eigenvalue weighted by Gasteiger charge is -2.18. The molecule has 0 spiro atoms. The Morgan fingerprint density at radius 3 is 2.39 bits per heavy atom. The van der Waals surface area contributed by atoms with E-state index >= 15 is 0 Å². The van der Waals surface area contributed by atoms with Crippen molar-refractivity contribution in [2.75, 3.05) is 11.9 Å². The Morgan fingerprint density at radius 1 is 1.14 bits per heavy atom. The minimum atomic E-state index is -4.06. The highest BCUT2D eigenvalue weighted by atomic mass is 35.5. The van der Waals surface area contributed by atoms with Gasteiger partial charge in [0.25, 0.3) is 0 Å². The SMILES string of the molecule is CCOC(=O)[C@H](Cc1ccccc1)NS(=O)(=O)c1ccc(NC(C)=O)c(Cl)c1. The number of amides is 1. The molecule has 7 nitrogen and oxygen atoms in total. The van der Waals surface area contributed by atoms with Crippen LogP contribution in [0.25, 0.3) is 0 Å². The van der Waals surface area contributed by atoms with Gasteiger partial charge in [-0.2, -0.15) is 4.72 Å². The zero-order chi connectivity index (χ0) is 20.7. The van der Waals surface area contributed by atoms with Crippen LogP contribution in [0.1, 0.15) is 19.4 Å². The second-order valence-electron chi connectivity index (χ2n) is 5.94. The Morgan fingerprint density at radius 2 is 1.82 bits per heavy atom. The topological polar surface area (TPSA) is 102 Å². The summed E-state index contributed by atoms with van der Waals surface area (Å²) in [6, 6.07) is 11.8. The van der Waals surface area contributed by atoms with E-state index in [4.69, 9.17) is 16.3 Å². The molecule has 0 saturated carbocycles. The number of carbonyl (C=O) groups is 2. The summed E-state index contributed by atoms with van der Waals surface area (Å²) < 4.78 is 32.9. The standard InChI is InChI=1S/C19H21ClN2O5S/c1-3-27-19(24)18(11-14-7-5-4-6-8-14)22-28(25,26)15-9-10-17(16(20)12-15)21-13(2)23/h4-10,12,18,22H,3,11H2,1-2H3,(H,21,23)/t18-/m0/s1. The van der Waals surface area contributed by atoms with Gasteiger partial charge in [0.2, 0.25) is 15.9 Å². The van der Waals surface area contributed by atoms with Gasteiger partial charge in [0.05, 0.1) is 22.2 Å². The van der Waals surface area contributed by atoms with Gasteiger partial charge in [-0.3, -0.25) is 9.59 Å². The van der Waals surface area contributed by atoms with Crippen molar-refractivity contribution in [1.82, 2.24) is 4.72 Å². The van der Waals surface area contributed by atoms with Crippen molar-refractivity contribution >= 4 is 39.2 Å². The number of esters is 1. The molecule has 1 amide bonds. The fraction of sp³-hybridized carbons (Fsp3) is 0.263. The van der Waals surface area contributed by atoms with E-state index in [2.05, 4.69) is 10.0 Å². The summed E-state index contributed by atoms with van der Waals surface area (Å²) in [6.07, 6.45) is 0.136. The van der Waals surface area contributed by atoms with Crippen molar-refractivity contribution in [1.29, 1.82) is 0 Å². The first kappa shape index (κ1) is 21.9. The van der Waals surface area contributed by atoms with Crippen LogP contribution in [-0.4, -0.2) is 32.9 Å². The molecule has 0 aliphatic heterocycles. The molecule has 0 fully saturated rings. The Bertz CT molecular complexity index is 948. The molecule has 2 aromatic carbocycles. The molecule has 1 atom stereocenters. The van der Waals surface area contributed by atoms with Crippen molar-refractivity contribution in [3.05, 3.63) is 59.1 Å². The molecule has 2 aromatic rings. The molecule has 0 unspecified atom stereocenters. The highest BCUT2D eigenvalue weighted by molar-refractivity contribution is 7.89. The van der Waals surface area contributed by atoms with Crippen LogP contribution in [0.5, 0.6) is 0 Å². The van der Waals surface area contributed by atoms with Crippen molar-refractivity contribution in [3.8, 4) is 0 Å². The van der Waals surface area contributed by atoms with Gasteiger partial charge in [-0.15, -0.1) is 0 Å². The predicted octanol–water partition coefficient (Wildman–Crippen LogP) is 2.75. The van der Waals surface area contributed by atoms with Crippen LogP contribution in [0.4, 0.5) is 5.69 Å². The summed E-state index contributed by atoms with van der Waals surface area (Å²) >= 11 is 6.06. The maximum atomic E-state index is 12.8. The summed E-state index contributed by atoms with van der Waals surface area (Å²) in [6.45, 7) is 3.09. The van der Waals surface area contributed by atoms with Crippen LogP contribution >= 0.6 is 11.6 Å². The van der Waals surface area contributed by atoms with Crippen molar-refractivity contribution < 1.29 is 22.7 Å². The Hall–Kier alpha value is -2.42. The number of hydrogen-bond acceptors (Lipinski definition) is 5. The number of rotatable bonds is 8. The summed E-state index contributed by atoms with van der Waals surface area (Å²) in [7, 11) is -4.06. The number of halogens is 1. The Balaban J connectivity index is 2.27. The molecule has 9 heteroatoms. The van der Waals surface area contributed by atoms with E-state index in [1.807, 2.05) is 6.07 Å². The highest BCUT2D eigenvalue weighted by Crippen LogP contribution is 2.25. The van der Waals surface area contributed by atoms with Gasteiger partial charge >= 0.3 is 5.97 Å². The minimum Gasteiger partial charge on any atom is -0.465 e. The number of ether oxygens (including phenoxy) is 1. The first-order valence-corrected chi connectivity index (χ1v) is 10.4. The average Bonchev–Trinajstić information content (AvgIpc) is 2.63. The van der Waals surface area contributed by atoms with Crippen molar-refractivity contribution in [2.45, 2.75) is 31.2 Å². The molecule has 0 aliphatic carbocycles. The zero-order valence-electron chi connectivity index (χ0n) is 15.4. The zero-order valence-corrected chi connectivity index (χ0v) is 17.0. The lowest BCUT2D eigenvalue weighted by molar-refractivity contribution is -0.145. The number of sulfonamides is 1. The maximum Gasteiger partial charge on any atom is 0.324 e. The molecule has 0 heterocycles. The predicted molar refractivity (Wildman–Crippen MR) is 107 cm³/mol. The molecule has 0 radical (unpaired) electrons. The van der Waals surface area contributed by atoms with Crippen LogP contribution < -0.4 is 10.0 Å². The summed E-state index contributed by atoms with van der Waals surface area (Å²) in [4.78, 5) is 23.3. The number of anilines is 1. The van der Waals surface area contributed by atoms with Crippen molar-refractivity contribution in [3.63, 3.8) is 0 Å². The molecule has 150 valence electrons. The van der Waals surface area contributed by atoms with Crippen LogP contribution in [0.15, 0.2) is 53.4 Å². The molecule has 2 N–H and O–H groups in total. The highest BCUT2D eigenvalue weighted by Gasteiger charge is 2.27. The fourth-order valence-corrected chi connectivity index (χ4v) is 3.98. The molecule has 0 bridgehead atoms. The smallest absolute Gasteiger partial charge is 0.324 e. The van der Waals surface area contributed by atoms with Gasteiger partial charge in [-0.1, -0.05) is 41.9 Å². The number of carbonyl (C=O) groups excluding carboxylic acids is 2.